The van der Waals surface area contributed by atoms with E-state index in [4.69, 9.17) is 0 Å². The molecule has 1 aliphatic carbocycles. The van der Waals surface area contributed by atoms with Gasteiger partial charge in [0.2, 0.25) is 0 Å². The van der Waals surface area contributed by atoms with Crippen LogP contribution in [0.3, 0.4) is 0 Å². The predicted molar refractivity (Wildman–Crippen MR) is 110 cm³/mol. The van der Waals surface area contributed by atoms with E-state index in [9.17, 15) is 0 Å². The lowest BCUT2D eigenvalue weighted by Gasteiger charge is -2.43. The van der Waals surface area contributed by atoms with Crippen LogP contribution < -0.4 is 0 Å². The summed E-state index contributed by atoms with van der Waals surface area (Å²) in [5, 5.41) is 2.10. The van der Waals surface area contributed by atoms with Crippen LogP contribution in [0.2, 0.25) is 0 Å². The molecule has 0 saturated carbocycles. The molecule has 0 aromatic heterocycles. The molecule has 0 aliphatic heterocycles. The van der Waals surface area contributed by atoms with E-state index in [2.05, 4.69) is 96.1 Å². The van der Waals surface area contributed by atoms with Gasteiger partial charge in [-0.2, -0.15) is 0 Å². The van der Waals surface area contributed by atoms with Crippen molar-refractivity contribution >= 4 is 19.3 Å². The first-order valence-corrected chi connectivity index (χ1v) is 10.2. The summed E-state index contributed by atoms with van der Waals surface area (Å²) in [6.07, 6.45) is 3.52. The third-order valence-corrected chi connectivity index (χ3v) is 8.14. The SMILES string of the molecule is CC(C)(C)P(C1=Cc2ccccc2Cc2ccccc21)C(C)(C)C. The Morgan fingerprint density at radius 1 is 0.708 bits per heavy atom. The minimum Gasteiger partial charge on any atom is -0.0636 e. The van der Waals surface area contributed by atoms with Gasteiger partial charge in [0.15, 0.2) is 0 Å². The van der Waals surface area contributed by atoms with E-state index < -0.39 is 0 Å². The fourth-order valence-corrected chi connectivity index (χ4v) is 8.29. The van der Waals surface area contributed by atoms with E-state index in [1.807, 2.05) is 0 Å². The Morgan fingerprint density at radius 3 is 1.88 bits per heavy atom. The highest BCUT2D eigenvalue weighted by Crippen LogP contribution is 2.68. The Labute approximate surface area is 148 Å². The van der Waals surface area contributed by atoms with E-state index in [1.165, 1.54) is 22.3 Å². The second-order valence-corrected chi connectivity index (χ2v) is 12.6. The highest BCUT2D eigenvalue weighted by atomic mass is 31.1. The van der Waals surface area contributed by atoms with Crippen LogP contribution in [0.4, 0.5) is 0 Å². The van der Waals surface area contributed by atoms with E-state index >= 15 is 0 Å². The molecular formula is C23H29P. The molecule has 126 valence electrons. The molecule has 0 bridgehead atoms. The van der Waals surface area contributed by atoms with Crippen molar-refractivity contribution in [3.05, 3.63) is 70.8 Å². The van der Waals surface area contributed by atoms with Crippen LogP contribution in [0, 0.1) is 0 Å². The van der Waals surface area contributed by atoms with Gasteiger partial charge in [-0.15, -0.1) is 0 Å². The van der Waals surface area contributed by atoms with Crippen molar-refractivity contribution in [3.8, 4) is 0 Å². The zero-order chi connectivity index (χ0) is 17.5. The van der Waals surface area contributed by atoms with Crippen LogP contribution in [0.1, 0.15) is 63.8 Å². The van der Waals surface area contributed by atoms with Gasteiger partial charge in [-0.3, -0.25) is 0 Å². The summed E-state index contributed by atoms with van der Waals surface area (Å²) < 4.78 is 0. The van der Waals surface area contributed by atoms with Gasteiger partial charge in [0, 0.05) is 0 Å². The highest BCUT2D eigenvalue weighted by Gasteiger charge is 2.38. The summed E-state index contributed by atoms with van der Waals surface area (Å²) in [7, 11) is -0.328. The normalized spacial score (nSPS) is 14.7. The lowest BCUT2D eigenvalue weighted by Crippen LogP contribution is -2.25. The van der Waals surface area contributed by atoms with E-state index in [1.54, 1.807) is 5.31 Å². The Kier molecular flexibility index (Phi) is 4.47. The maximum Gasteiger partial charge on any atom is -0.00137 e. The Balaban J connectivity index is 2.29. The lowest BCUT2D eigenvalue weighted by molar-refractivity contribution is 0.715. The Bertz CT molecular complexity index is 755. The summed E-state index contributed by atoms with van der Waals surface area (Å²) in [6.45, 7) is 14.4. The molecule has 2 aromatic rings. The van der Waals surface area contributed by atoms with Gasteiger partial charge >= 0.3 is 0 Å². The third kappa shape index (κ3) is 3.35. The molecule has 0 unspecified atom stereocenters. The molecule has 24 heavy (non-hydrogen) atoms. The molecular weight excluding hydrogens is 307 g/mol. The van der Waals surface area contributed by atoms with Crippen molar-refractivity contribution in [1.29, 1.82) is 0 Å². The van der Waals surface area contributed by atoms with Crippen molar-refractivity contribution in [1.82, 2.24) is 0 Å². The number of hydrogen-bond donors (Lipinski definition) is 0. The average Bonchev–Trinajstić information content (AvgIpc) is 2.61. The van der Waals surface area contributed by atoms with Gasteiger partial charge in [0.05, 0.1) is 0 Å². The number of benzene rings is 2. The Morgan fingerprint density at radius 2 is 1.25 bits per heavy atom. The zero-order valence-corrected chi connectivity index (χ0v) is 16.7. The number of rotatable bonds is 1. The quantitative estimate of drug-likeness (QED) is 0.484. The summed E-state index contributed by atoms with van der Waals surface area (Å²) in [5.74, 6) is 0. The molecule has 0 spiro atoms. The van der Waals surface area contributed by atoms with Crippen molar-refractivity contribution < 1.29 is 0 Å². The molecule has 0 atom stereocenters. The zero-order valence-electron chi connectivity index (χ0n) is 15.9. The maximum absolute atomic E-state index is 2.49. The summed E-state index contributed by atoms with van der Waals surface area (Å²) in [6, 6.07) is 17.9. The monoisotopic (exact) mass is 336 g/mol. The smallest absolute Gasteiger partial charge is 0.00137 e. The van der Waals surface area contributed by atoms with Crippen LogP contribution in [0.25, 0.3) is 11.4 Å². The first-order valence-electron chi connectivity index (χ1n) is 8.86. The summed E-state index contributed by atoms with van der Waals surface area (Å²) >= 11 is 0. The maximum atomic E-state index is 2.49. The third-order valence-electron chi connectivity index (χ3n) is 4.60. The van der Waals surface area contributed by atoms with Crippen molar-refractivity contribution in [2.24, 2.45) is 0 Å². The van der Waals surface area contributed by atoms with Gasteiger partial charge in [-0.05, 0) is 50.4 Å². The summed E-state index contributed by atoms with van der Waals surface area (Å²) in [5.41, 5.74) is 5.77. The fourth-order valence-electron chi connectivity index (χ4n) is 4.10. The van der Waals surface area contributed by atoms with Crippen LogP contribution in [-0.4, -0.2) is 10.3 Å². The highest BCUT2D eigenvalue weighted by molar-refractivity contribution is 7.71. The van der Waals surface area contributed by atoms with Gasteiger partial charge in [0.25, 0.3) is 0 Å². The predicted octanol–water partition coefficient (Wildman–Crippen LogP) is 7.17. The second kappa shape index (κ2) is 6.16. The molecule has 0 heterocycles. The largest absolute Gasteiger partial charge is 0.0636 e. The molecule has 3 rings (SSSR count). The molecule has 0 amide bonds. The van der Waals surface area contributed by atoms with Gasteiger partial charge in [-0.1, -0.05) is 98.0 Å². The van der Waals surface area contributed by atoms with Gasteiger partial charge in [0.1, 0.15) is 0 Å². The lowest BCUT2D eigenvalue weighted by atomic mass is 10.00. The molecule has 1 heteroatoms. The first-order chi connectivity index (χ1) is 11.2. The van der Waals surface area contributed by atoms with Crippen LogP contribution in [0.5, 0.6) is 0 Å². The van der Waals surface area contributed by atoms with Crippen LogP contribution in [0.15, 0.2) is 48.5 Å². The molecule has 1 aliphatic rings. The minimum absolute atomic E-state index is 0.270. The molecule has 0 fully saturated rings. The van der Waals surface area contributed by atoms with Crippen molar-refractivity contribution in [3.63, 3.8) is 0 Å². The average molecular weight is 336 g/mol. The molecule has 0 saturated heterocycles. The van der Waals surface area contributed by atoms with E-state index in [0.717, 1.165) is 6.42 Å². The number of hydrogen-bond acceptors (Lipinski definition) is 0. The first kappa shape index (κ1) is 17.4. The minimum atomic E-state index is -0.328. The van der Waals surface area contributed by atoms with Crippen LogP contribution >= 0.6 is 7.92 Å². The van der Waals surface area contributed by atoms with Crippen molar-refractivity contribution in [2.45, 2.75) is 58.3 Å². The van der Waals surface area contributed by atoms with Gasteiger partial charge in [-0.25, -0.2) is 0 Å². The molecule has 0 nitrogen and oxygen atoms in total. The standard InChI is InChI=1S/C23H29P/c1-22(2,3)24(23(4,5)6)21-16-18-12-8-7-11-17(18)15-19-13-9-10-14-20(19)21/h7-14,16H,15H2,1-6H3. The second-order valence-electron chi connectivity index (χ2n) is 8.74. The molecule has 0 N–H and O–H groups in total. The Hall–Kier alpha value is -1.39. The van der Waals surface area contributed by atoms with E-state index in [0.29, 0.717) is 0 Å². The fraction of sp³-hybridized carbons (Fsp3) is 0.391. The topological polar surface area (TPSA) is 0 Å². The van der Waals surface area contributed by atoms with E-state index in [-0.39, 0.29) is 18.2 Å². The molecule has 0 radical (unpaired) electrons. The van der Waals surface area contributed by atoms with Crippen molar-refractivity contribution in [2.75, 3.05) is 0 Å². The molecule has 2 aromatic carbocycles. The van der Waals surface area contributed by atoms with Crippen LogP contribution in [-0.2, 0) is 6.42 Å². The van der Waals surface area contributed by atoms with Gasteiger partial charge < -0.3 is 0 Å². The summed E-state index contributed by atoms with van der Waals surface area (Å²) in [4.78, 5) is 0. The number of fused-ring (bicyclic) bond motifs is 2.